The first kappa shape index (κ1) is 27.1. The Hall–Kier alpha value is -3.12. The lowest BCUT2D eigenvalue weighted by molar-refractivity contribution is -0.145. The van der Waals surface area contributed by atoms with Gasteiger partial charge in [0, 0.05) is 25.1 Å². The number of hydrogen-bond donors (Lipinski definition) is 6. The molecule has 4 atom stereocenters. The molecule has 4 unspecified atom stereocenters. The van der Waals surface area contributed by atoms with Crippen molar-refractivity contribution in [2.75, 3.05) is 12.3 Å². The molecule has 4 amide bonds. The number of aliphatic carboxylic acids is 1. The third-order valence-electron chi connectivity index (χ3n) is 5.56. The van der Waals surface area contributed by atoms with Gasteiger partial charge in [-0.15, -0.1) is 0 Å². The molecule has 1 aromatic carbocycles. The highest BCUT2D eigenvalue weighted by molar-refractivity contribution is 7.80. The molecule has 1 aromatic rings. The highest BCUT2D eigenvalue weighted by Crippen LogP contribution is 2.20. The number of carbonyl (C=O) groups excluding carboxylic acids is 4. The summed E-state index contributed by atoms with van der Waals surface area (Å²) in [5, 5.41) is 14.6. The van der Waals surface area contributed by atoms with Crippen LogP contribution in [0, 0.1) is 0 Å². The number of rotatable bonds is 12. The molecule has 0 spiro atoms. The van der Waals surface area contributed by atoms with Gasteiger partial charge in [-0.2, -0.15) is 12.6 Å². The summed E-state index contributed by atoms with van der Waals surface area (Å²) in [5.41, 5.74) is 11.6. The molecule has 186 valence electrons. The highest BCUT2D eigenvalue weighted by Gasteiger charge is 2.39. The van der Waals surface area contributed by atoms with Gasteiger partial charge in [-0.05, 0) is 24.8 Å². The maximum absolute atomic E-state index is 13.2. The Labute approximate surface area is 203 Å². The molecule has 1 fully saturated rings. The van der Waals surface area contributed by atoms with E-state index in [1.807, 2.05) is 0 Å². The molecule has 0 aromatic heterocycles. The van der Waals surface area contributed by atoms with Gasteiger partial charge >= 0.3 is 5.97 Å². The summed E-state index contributed by atoms with van der Waals surface area (Å²) >= 11 is 3.97. The Bertz CT molecular complexity index is 899. The van der Waals surface area contributed by atoms with E-state index in [9.17, 15) is 29.1 Å². The molecule has 2 rings (SSSR count). The third-order valence-corrected chi connectivity index (χ3v) is 5.96. The molecular weight excluding hydrogens is 462 g/mol. The summed E-state index contributed by atoms with van der Waals surface area (Å²) in [7, 11) is 0. The van der Waals surface area contributed by atoms with Crippen molar-refractivity contribution in [2.45, 2.75) is 56.3 Å². The van der Waals surface area contributed by atoms with Crippen molar-refractivity contribution in [1.29, 1.82) is 0 Å². The van der Waals surface area contributed by atoms with Crippen molar-refractivity contribution in [1.82, 2.24) is 15.5 Å². The zero-order valence-electron chi connectivity index (χ0n) is 18.7. The van der Waals surface area contributed by atoms with Crippen LogP contribution < -0.4 is 22.1 Å². The van der Waals surface area contributed by atoms with E-state index in [1.165, 1.54) is 4.90 Å². The first-order chi connectivity index (χ1) is 16.1. The van der Waals surface area contributed by atoms with Gasteiger partial charge in [0.15, 0.2) is 0 Å². The highest BCUT2D eigenvalue weighted by atomic mass is 32.1. The van der Waals surface area contributed by atoms with Gasteiger partial charge in [-0.1, -0.05) is 30.3 Å². The minimum absolute atomic E-state index is 0.0509. The van der Waals surface area contributed by atoms with Gasteiger partial charge in [-0.3, -0.25) is 19.2 Å². The van der Waals surface area contributed by atoms with Crippen molar-refractivity contribution in [2.24, 2.45) is 11.5 Å². The summed E-state index contributed by atoms with van der Waals surface area (Å²) < 4.78 is 0. The molecule has 1 saturated heterocycles. The molecule has 11 nitrogen and oxygen atoms in total. The van der Waals surface area contributed by atoms with Gasteiger partial charge in [0.1, 0.15) is 18.1 Å². The second kappa shape index (κ2) is 12.9. The van der Waals surface area contributed by atoms with Crippen LogP contribution in [-0.4, -0.2) is 76.1 Å². The monoisotopic (exact) mass is 493 g/mol. The van der Waals surface area contributed by atoms with E-state index in [-0.39, 0.29) is 31.6 Å². The van der Waals surface area contributed by atoms with Crippen LogP contribution in [0.2, 0.25) is 0 Å². The van der Waals surface area contributed by atoms with Crippen molar-refractivity contribution < 1.29 is 29.1 Å². The van der Waals surface area contributed by atoms with Gasteiger partial charge in [-0.25, -0.2) is 4.79 Å². The number of nitrogens with zero attached hydrogens (tertiary/aromatic N) is 1. The number of thiol groups is 1. The maximum Gasteiger partial charge on any atom is 0.326 e. The standard InChI is InChI=1S/C22H31N5O6S/c23-14(12-34)19(29)25-15(8-9-18(24)28)21(31)27-10-4-7-17(27)20(30)26-16(22(32)33)11-13-5-2-1-3-6-13/h1-3,5-6,14-17,34H,4,7-12,23H2,(H2,24,28)(H,25,29)(H,26,30)(H,32,33). The molecule has 0 aliphatic carbocycles. The predicted octanol–water partition coefficient (Wildman–Crippen LogP) is -1.20. The zero-order chi connectivity index (χ0) is 25.3. The number of hydrogen-bond acceptors (Lipinski definition) is 7. The fourth-order valence-corrected chi connectivity index (χ4v) is 3.89. The second-order valence-corrected chi connectivity index (χ2v) is 8.50. The van der Waals surface area contributed by atoms with Crippen LogP contribution >= 0.6 is 12.6 Å². The van der Waals surface area contributed by atoms with E-state index in [2.05, 4.69) is 23.3 Å². The number of carboxylic acid groups (broad SMARTS) is 1. The lowest BCUT2D eigenvalue weighted by Crippen LogP contribution is -2.57. The molecule has 0 bridgehead atoms. The number of carboxylic acids is 1. The number of nitrogens with one attached hydrogen (secondary N) is 2. The molecule has 1 heterocycles. The van der Waals surface area contributed by atoms with Gasteiger partial charge in [0.05, 0.1) is 6.04 Å². The molecule has 0 saturated carbocycles. The van der Waals surface area contributed by atoms with Gasteiger partial charge < -0.3 is 32.1 Å². The van der Waals surface area contributed by atoms with Gasteiger partial charge in [0.2, 0.25) is 23.6 Å². The Balaban J connectivity index is 2.13. The average Bonchev–Trinajstić information content (AvgIpc) is 3.30. The topological polar surface area (TPSA) is 185 Å². The van der Waals surface area contributed by atoms with Crippen molar-refractivity contribution in [3.05, 3.63) is 35.9 Å². The Morgan fingerprint density at radius 1 is 1.12 bits per heavy atom. The van der Waals surface area contributed by atoms with Crippen LogP contribution in [0.5, 0.6) is 0 Å². The number of primary amides is 1. The van der Waals surface area contributed by atoms with Crippen LogP contribution in [0.15, 0.2) is 30.3 Å². The fourth-order valence-electron chi connectivity index (χ4n) is 3.73. The molecule has 7 N–H and O–H groups in total. The van der Waals surface area contributed by atoms with Gasteiger partial charge in [0.25, 0.3) is 0 Å². The molecular formula is C22H31N5O6S. The summed E-state index contributed by atoms with van der Waals surface area (Å²) in [6, 6.07) is 4.71. The molecule has 12 heteroatoms. The minimum atomic E-state index is -1.19. The van der Waals surface area contributed by atoms with Crippen LogP contribution in [0.3, 0.4) is 0 Å². The number of nitrogens with two attached hydrogens (primary N) is 2. The van der Waals surface area contributed by atoms with E-state index in [0.717, 1.165) is 5.56 Å². The molecule has 1 aliphatic heterocycles. The molecule has 34 heavy (non-hydrogen) atoms. The average molecular weight is 494 g/mol. The normalized spacial score (nSPS) is 17.9. The third kappa shape index (κ3) is 7.73. The Morgan fingerprint density at radius 3 is 2.38 bits per heavy atom. The predicted molar refractivity (Wildman–Crippen MR) is 127 cm³/mol. The van der Waals surface area contributed by atoms with Crippen LogP contribution in [-0.2, 0) is 30.4 Å². The van der Waals surface area contributed by atoms with Crippen LogP contribution in [0.4, 0.5) is 0 Å². The summed E-state index contributed by atoms with van der Waals surface area (Å²) in [5.74, 6) is -3.57. The minimum Gasteiger partial charge on any atom is -0.480 e. The number of likely N-dealkylation sites (tertiary alicyclic amines) is 1. The van der Waals surface area contributed by atoms with Crippen LogP contribution in [0.25, 0.3) is 0 Å². The zero-order valence-corrected chi connectivity index (χ0v) is 19.6. The van der Waals surface area contributed by atoms with Crippen molar-refractivity contribution in [3.8, 4) is 0 Å². The summed E-state index contributed by atoms with van der Waals surface area (Å²) in [6.07, 6.45) is 0.724. The fraction of sp³-hybridized carbons (Fsp3) is 0.500. The number of benzene rings is 1. The second-order valence-electron chi connectivity index (χ2n) is 8.13. The largest absolute Gasteiger partial charge is 0.480 e. The van der Waals surface area contributed by atoms with E-state index in [1.54, 1.807) is 30.3 Å². The van der Waals surface area contributed by atoms with E-state index >= 15 is 0 Å². The Morgan fingerprint density at radius 2 is 1.79 bits per heavy atom. The SMILES string of the molecule is NC(=O)CCC(NC(=O)C(N)CS)C(=O)N1CCCC1C(=O)NC(Cc1ccccc1)C(=O)O. The van der Waals surface area contributed by atoms with Crippen LogP contribution in [0.1, 0.15) is 31.2 Å². The summed E-state index contributed by atoms with van der Waals surface area (Å²) in [4.78, 5) is 62.7. The van der Waals surface area contributed by atoms with Crippen molar-refractivity contribution in [3.63, 3.8) is 0 Å². The van der Waals surface area contributed by atoms with E-state index in [0.29, 0.717) is 12.8 Å². The van der Waals surface area contributed by atoms with E-state index in [4.69, 9.17) is 11.5 Å². The maximum atomic E-state index is 13.2. The number of carbonyl (C=O) groups is 5. The smallest absolute Gasteiger partial charge is 0.326 e. The quantitative estimate of drug-likeness (QED) is 0.197. The molecule has 0 radical (unpaired) electrons. The lowest BCUT2D eigenvalue weighted by atomic mass is 10.0. The first-order valence-electron chi connectivity index (χ1n) is 11.0. The molecule has 1 aliphatic rings. The van der Waals surface area contributed by atoms with Crippen molar-refractivity contribution >= 4 is 42.2 Å². The first-order valence-corrected chi connectivity index (χ1v) is 11.6. The van der Waals surface area contributed by atoms with E-state index < -0.39 is 53.8 Å². The lowest BCUT2D eigenvalue weighted by Gasteiger charge is -2.29. The Kier molecular flexibility index (Phi) is 10.3. The number of amides is 4. The summed E-state index contributed by atoms with van der Waals surface area (Å²) in [6.45, 7) is 0.245.